The van der Waals surface area contributed by atoms with Gasteiger partial charge in [-0.1, -0.05) is 53.6 Å². The maximum Gasteiger partial charge on any atom is 0.189 e. The van der Waals surface area contributed by atoms with E-state index in [0.717, 1.165) is 22.6 Å². The Labute approximate surface area is 200 Å². The number of phenols is 1. The lowest BCUT2D eigenvalue weighted by atomic mass is 10.1. The molecule has 34 heavy (non-hydrogen) atoms. The Morgan fingerprint density at radius 3 is 1.76 bits per heavy atom. The molecule has 0 amide bonds. The number of allylic oxidation sites excluding steroid dienone is 1. The molecule has 4 rings (SSSR count). The highest BCUT2D eigenvalue weighted by Gasteiger charge is 2.13. The second-order valence-electron chi connectivity index (χ2n) is 8.18. The Kier molecular flexibility index (Phi) is 6.79. The van der Waals surface area contributed by atoms with Crippen LogP contribution in [0, 0.1) is 13.8 Å². The number of ether oxygens (including phenoxy) is 1. The third-order valence-corrected chi connectivity index (χ3v) is 5.63. The lowest BCUT2D eigenvalue weighted by Gasteiger charge is -2.25. The van der Waals surface area contributed by atoms with Gasteiger partial charge in [-0.05, 0) is 80.1 Å². The number of aromatic hydroxyl groups is 1. The largest absolute Gasteiger partial charge is 0.507 e. The first-order valence-electron chi connectivity index (χ1n) is 11.1. The van der Waals surface area contributed by atoms with E-state index in [1.165, 1.54) is 36.4 Å². The summed E-state index contributed by atoms with van der Waals surface area (Å²) in [5.74, 6) is 0.158. The molecule has 1 N–H and O–H groups in total. The fraction of sp³-hybridized carbons (Fsp3) is 0.100. The van der Waals surface area contributed by atoms with Gasteiger partial charge in [-0.15, -0.1) is 0 Å². The lowest BCUT2D eigenvalue weighted by Crippen LogP contribution is -2.09. The van der Waals surface area contributed by atoms with Gasteiger partial charge in [0.2, 0.25) is 0 Å². The van der Waals surface area contributed by atoms with Crippen LogP contribution in [0.15, 0.2) is 97.1 Å². The van der Waals surface area contributed by atoms with E-state index < -0.39 is 0 Å². The number of anilines is 3. The van der Waals surface area contributed by atoms with Crippen molar-refractivity contribution < 1.29 is 14.6 Å². The Morgan fingerprint density at radius 1 is 0.765 bits per heavy atom. The second-order valence-corrected chi connectivity index (χ2v) is 8.18. The van der Waals surface area contributed by atoms with Gasteiger partial charge in [-0.25, -0.2) is 0 Å². The molecule has 0 saturated heterocycles. The number of hydrogen-bond donors (Lipinski definition) is 1. The Hall–Kier alpha value is -4.31. The van der Waals surface area contributed by atoms with Crippen LogP contribution in [0.4, 0.5) is 17.1 Å². The Bertz CT molecular complexity index is 1260. The van der Waals surface area contributed by atoms with Crippen LogP contribution in [0.5, 0.6) is 11.5 Å². The van der Waals surface area contributed by atoms with Crippen molar-refractivity contribution in [1.29, 1.82) is 0 Å². The number of phenolic OH excluding ortho intramolecular Hbond substituents is 1. The first-order chi connectivity index (χ1) is 16.4. The van der Waals surface area contributed by atoms with Crippen LogP contribution in [0.3, 0.4) is 0 Å². The van der Waals surface area contributed by atoms with Crippen LogP contribution in [-0.2, 0) is 0 Å². The van der Waals surface area contributed by atoms with Gasteiger partial charge in [0, 0.05) is 17.1 Å². The number of benzene rings is 4. The number of nitrogens with zero attached hydrogens (tertiary/aromatic N) is 1. The first kappa shape index (κ1) is 22.9. The SMILES string of the molecule is COc1ccc(O)c(C(=O)C=Cc2ccc(N(c3ccc(C)cc3)c3ccc(C)cc3)cc2)c1. The maximum atomic E-state index is 12.6. The van der Waals surface area contributed by atoms with Gasteiger partial charge in [-0.3, -0.25) is 4.79 Å². The van der Waals surface area contributed by atoms with Gasteiger partial charge >= 0.3 is 0 Å². The third kappa shape index (κ3) is 5.18. The summed E-state index contributed by atoms with van der Waals surface area (Å²) < 4.78 is 5.15. The normalized spacial score (nSPS) is 10.9. The summed E-state index contributed by atoms with van der Waals surface area (Å²) in [5, 5.41) is 10.0. The van der Waals surface area contributed by atoms with E-state index in [1.807, 2.05) is 24.3 Å². The predicted molar refractivity (Wildman–Crippen MR) is 139 cm³/mol. The molecule has 0 unspecified atom stereocenters. The van der Waals surface area contributed by atoms with Crippen LogP contribution in [0.2, 0.25) is 0 Å². The van der Waals surface area contributed by atoms with Crippen molar-refractivity contribution in [3.05, 3.63) is 119 Å². The van der Waals surface area contributed by atoms with Gasteiger partial charge in [0.1, 0.15) is 11.5 Å². The fourth-order valence-corrected chi connectivity index (χ4v) is 3.67. The molecule has 0 aliphatic rings. The van der Waals surface area contributed by atoms with Crippen molar-refractivity contribution in [3.8, 4) is 11.5 Å². The predicted octanol–water partition coefficient (Wildman–Crippen LogP) is 7.38. The van der Waals surface area contributed by atoms with Crippen molar-refractivity contribution in [2.75, 3.05) is 12.0 Å². The standard InChI is InChI=1S/C30H27NO3/c1-21-4-11-24(12-5-21)31(25-13-6-22(2)7-14-25)26-15-8-23(9-16-26)10-18-29(32)28-20-27(34-3)17-19-30(28)33/h4-20,33H,1-3H3. The topological polar surface area (TPSA) is 49.8 Å². The number of ketones is 1. The minimum Gasteiger partial charge on any atom is -0.507 e. The van der Waals surface area contributed by atoms with Crippen LogP contribution in [0.25, 0.3) is 6.08 Å². The molecule has 0 atom stereocenters. The molecular weight excluding hydrogens is 422 g/mol. The maximum absolute atomic E-state index is 12.6. The zero-order valence-corrected chi connectivity index (χ0v) is 19.5. The number of carbonyl (C=O) groups excluding carboxylic acids is 1. The van der Waals surface area contributed by atoms with E-state index in [1.54, 1.807) is 12.1 Å². The van der Waals surface area contributed by atoms with Gasteiger partial charge in [0.15, 0.2) is 5.78 Å². The Morgan fingerprint density at radius 2 is 1.26 bits per heavy atom. The van der Waals surface area contributed by atoms with E-state index >= 15 is 0 Å². The highest BCUT2D eigenvalue weighted by Crippen LogP contribution is 2.35. The molecule has 4 heteroatoms. The summed E-state index contributed by atoms with van der Waals surface area (Å²) in [6, 6.07) is 29.5. The molecule has 0 fully saturated rings. The summed E-state index contributed by atoms with van der Waals surface area (Å²) in [6.45, 7) is 4.15. The summed E-state index contributed by atoms with van der Waals surface area (Å²) in [6.07, 6.45) is 3.20. The molecule has 0 spiro atoms. The smallest absolute Gasteiger partial charge is 0.189 e. The molecule has 0 bridgehead atoms. The summed E-state index contributed by atoms with van der Waals surface area (Å²) in [5.41, 5.74) is 6.66. The van der Waals surface area contributed by atoms with Crippen molar-refractivity contribution >= 4 is 28.9 Å². The molecule has 4 nitrogen and oxygen atoms in total. The second kappa shape index (κ2) is 10.1. The highest BCUT2D eigenvalue weighted by molar-refractivity contribution is 6.08. The van der Waals surface area contributed by atoms with Crippen molar-refractivity contribution in [2.24, 2.45) is 0 Å². The third-order valence-electron chi connectivity index (χ3n) is 5.63. The van der Waals surface area contributed by atoms with Gasteiger partial charge in [0.05, 0.1) is 12.7 Å². The van der Waals surface area contributed by atoms with Crippen LogP contribution in [0.1, 0.15) is 27.0 Å². The molecule has 0 aliphatic heterocycles. The number of carbonyl (C=O) groups is 1. The quantitative estimate of drug-likeness (QED) is 0.236. The molecule has 0 heterocycles. The molecular formula is C30H27NO3. The molecule has 4 aromatic carbocycles. The van der Waals surface area contributed by atoms with Gasteiger partial charge < -0.3 is 14.7 Å². The van der Waals surface area contributed by atoms with E-state index in [4.69, 9.17) is 4.74 Å². The number of methoxy groups -OCH3 is 1. The van der Waals surface area contributed by atoms with Crippen LogP contribution in [-0.4, -0.2) is 18.0 Å². The molecule has 0 radical (unpaired) electrons. The van der Waals surface area contributed by atoms with E-state index in [-0.39, 0.29) is 17.1 Å². The van der Waals surface area contributed by atoms with Crippen LogP contribution < -0.4 is 9.64 Å². The van der Waals surface area contributed by atoms with Crippen molar-refractivity contribution in [1.82, 2.24) is 0 Å². The zero-order valence-electron chi connectivity index (χ0n) is 19.5. The van der Waals surface area contributed by atoms with Crippen molar-refractivity contribution in [2.45, 2.75) is 13.8 Å². The van der Waals surface area contributed by atoms with E-state index in [0.29, 0.717) is 5.75 Å². The Balaban J connectivity index is 1.61. The van der Waals surface area contributed by atoms with Gasteiger partial charge in [0.25, 0.3) is 0 Å². The minimum absolute atomic E-state index is 0.0716. The zero-order chi connectivity index (χ0) is 24.1. The average Bonchev–Trinajstić information content (AvgIpc) is 2.86. The summed E-state index contributed by atoms with van der Waals surface area (Å²) in [7, 11) is 1.52. The van der Waals surface area contributed by atoms with E-state index in [9.17, 15) is 9.90 Å². The van der Waals surface area contributed by atoms with Crippen molar-refractivity contribution in [3.63, 3.8) is 0 Å². The summed E-state index contributed by atoms with van der Waals surface area (Å²) in [4.78, 5) is 14.8. The lowest BCUT2D eigenvalue weighted by molar-refractivity contribution is 0.104. The average molecular weight is 450 g/mol. The van der Waals surface area contributed by atoms with Crippen LogP contribution >= 0.6 is 0 Å². The monoisotopic (exact) mass is 449 g/mol. The molecule has 0 saturated carbocycles. The fourth-order valence-electron chi connectivity index (χ4n) is 3.67. The molecule has 0 aromatic heterocycles. The number of rotatable bonds is 7. The highest BCUT2D eigenvalue weighted by atomic mass is 16.5. The first-order valence-corrected chi connectivity index (χ1v) is 11.1. The van der Waals surface area contributed by atoms with E-state index in [2.05, 4.69) is 67.3 Å². The number of hydrogen-bond acceptors (Lipinski definition) is 4. The molecule has 4 aromatic rings. The van der Waals surface area contributed by atoms with Gasteiger partial charge in [-0.2, -0.15) is 0 Å². The minimum atomic E-state index is -0.290. The number of aryl methyl sites for hydroxylation is 2. The molecule has 0 aliphatic carbocycles. The summed E-state index contributed by atoms with van der Waals surface area (Å²) >= 11 is 0. The molecule has 170 valence electrons.